The SMILES string of the molecule is Cc1nc(S(C)(=O)=C2CCC2)c(COc2ccc(C(C)(C)c3cc(Cl)c(OCCCl)c(Cl)c3)cc2)o1. The Labute approximate surface area is 228 Å². The fourth-order valence-electron chi connectivity index (χ4n) is 4.18. The van der Waals surface area contributed by atoms with E-state index in [0.29, 0.717) is 50.7 Å². The van der Waals surface area contributed by atoms with Crippen molar-refractivity contribution in [1.29, 1.82) is 0 Å². The van der Waals surface area contributed by atoms with Crippen LogP contribution < -0.4 is 9.47 Å². The summed E-state index contributed by atoms with van der Waals surface area (Å²) in [7, 11) is -2.34. The van der Waals surface area contributed by atoms with Gasteiger partial charge in [0.1, 0.15) is 19.0 Å². The highest BCUT2D eigenvalue weighted by Crippen LogP contribution is 2.40. The van der Waals surface area contributed by atoms with E-state index in [9.17, 15) is 4.21 Å². The molecule has 0 saturated heterocycles. The summed E-state index contributed by atoms with van der Waals surface area (Å²) in [6.07, 6.45) is 4.61. The monoisotopic (exact) mass is 569 g/mol. The number of ether oxygens (including phenoxy) is 2. The Morgan fingerprint density at radius 3 is 2.25 bits per heavy atom. The number of hydrogen-bond donors (Lipinski definition) is 0. The van der Waals surface area contributed by atoms with Crippen LogP contribution in [0, 0.1) is 6.92 Å². The number of aryl methyl sites for hydroxylation is 1. The lowest BCUT2D eigenvalue weighted by Gasteiger charge is -2.27. The first kappa shape index (κ1) is 27.2. The molecule has 1 heterocycles. The molecule has 3 aromatic rings. The van der Waals surface area contributed by atoms with Crippen LogP contribution in [0.1, 0.15) is 55.9 Å². The molecule has 1 unspecified atom stereocenters. The van der Waals surface area contributed by atoms with Crippen LogP contribution in [0.25, 0.3) is 0 Å². The molecule has 1 saturated carbocycles. The van der Waals surface area contributed by atoms with Gasteiger partial charge >= 0.3 is 0 Å². The Hall–Kier alpha value is -1.86. The summed E-state index contributed by atoms with van der Waals surface area (Å²) in [6, 6.07) is 11.6. The van der Waals surface area contributed by atoms with Crippen molar-refractivity contribution in [3.63, 3.8) is 0 Å². The molecule has 9 heteroatoms. The second-order valence-electron chi connectivity index (χ2n) is 9.44. The molecule has 0 amide bonds. The van der Waals surface area contributed by atoms with Crippen molar-refractivity contribution in [2.75, 3.05) is 18.7 Å². The van der Waals surface area contributed by atoms with E-state index in [1.54, 1.807) is 13.2 Å². The van der Waals surface area contributed by atoms with Crippen LogP contribution in [0.15, 0.2) is 45.8 Å². The second kappa shape index (κ2) is 10.9. The first-order valence-corrected chi connectivity index (χ1v) is 15.0. The average molecular weight is 571 g/mol. The summed E-state index contributed by atoms with van der Waals surface area (Å²) in [5.41, 5.74) is 1.64. The van der Waals surface area contributed by atoms with Crippen molar-refractivity contribution in [2.45, 2.75) is 57.1 Å². The highest BCUT2D eigenvalue weighted by Gasteiger charge is 2.27. The Kier molecular flexibility index (Phi) is 8.20. The molecular weight excluding hydrogens is 541 g/mol. The van der Waals surface area contributed by atoms with Gasteiger partial charge in [-0.25, -0.2) is 4.98 Å². The predicted octanol–water partition coefficient (Wildman–Crippen LogP) is 7.44. The fourth-order valence-corrected chi connectivity index (χ4v) is 7.03. The van der Waals surface area contributed by atoms with E-state index in [4.69, 9.17) is 48.7 Å². The smallest absolute Gasteiger partial charge is 0.192 e. The molecule has 194 valence electrons. The zero-order valence-corrected chi connectivity index (χ0v) is 23.9. The van der Waals surface area contributed by atoms with Crippen LogP contribution in [0.2, 0.25) is 10.0 Å². The van der Waals surface area contributed by atoms with E-state index in [1.807, 2.05) is 36.4 Å². The van der Waals surface area contributed by atoms with Crippen LogP contribution in [0.4, 0.5) is 0 Å². The molecule has 4 rings (SSSR count). The zero-order valence-electron chi connectivity index (χ0n) is 20.8. The molecule has 1 aromatic heterocycles. The maximum atomic E-state index is 13.4. The Balaban J connectivity index is 1.51. The maximum absolute atomic E-state index is 13.4. The van der Waals surface area contributed by atoms with Gasteiger partial charge in [0.05, 0.1) is 15.9 Å². The van der Waals surface area contributed by atoms with Gasteiger partial charge < -0.3 is 13.9 Å². The summed E-state index contributed by atoms with van der Waals surface area (Å²) >= 11 is 18.6. The van der Waals surface area contributed by atoms with E-state index >= 15 is 0 Å². The number of hydrogen-bond acceptors (Lipinski definition) is 5. The summed E-state index contributed by atoms with van der Waals surface area (Å²) in [5, 5.41) is 1.41. The van der Waals surface area contributed by atoms with Gasteiger partial charge in [-0.3, -0.25) is 4.21 Å². The number of oxazole rings is 1. The summed E-state index contributed by atoms with van der Waals surface area (Å²) in [4.78, 5) is 5.49. The Morgan fingerprint density at radius 1 is 1.06 bits per heavy atom. The third-order valence-corrected chi connectivity index (χ3v) is 9.87. The zero-order chi connectivity index (χ0) is 26.1. The van der Waals surface area contributed by atoms with Crippen molar-refractivity contribution in [2.24, 2.45) is 0 Å². The van der Waals surface area contributed by atoms with Gasteiger partial charge in [-0.15, -0.1) is 11.6 Å². The van der Waals surface area contributed by atoms with Gasteiger partial charge in [0, 0.05) is 28.1 Å². The normalized spacial score (nSPS) is 15.4. The standard InChI is InChI=1S/C27H30Cl3NO4S/c1-17-31-26(36(4,32)21-6-5-7-21)24(35-17)16-34-20-10-8-18(9-11-20)27(2,3)19-14-22(29)25(23(30)15-19)33-13-12-28/h8-11,14-15H,5-7,12-13,16H2,1-4H3. The van der Waals surface area contributed by atoms with Gasteiger partial charge in [0.25, 0.3) is 0 Å². The van der Waals surface area contributed by atoms with E-state index in [0.717, 1.165) is 35.3 Å². The summed E-state index contributed by atoms with van der Waals surface area (Å²) in [6.45, 7) is 6.45. The lowest BCUT2D eigenvalue weighted by atomic mass is 9.78. The van der Waals surface area contributed by atoms with Gasteiger partial charge in [-0.2, -0.15) is 0 Å². The van der Waals surface area contributed by atoms with Crippen molar-refractivity contribution in [1.82, 2.24) is 4.98 Å². The molecule has 0 bridgehead atoms. The number of nitrogens with zero attached hydrogens (tertiary/aromatic N) is 1. The molecule has 1 atom stereocenters. The van der Waals surface area contributed by atoms with Crippen LogP contribution in [0.5, 0.6) is 11.5 Å². The van der Waals surface area contributed by atoms with E-state index in [2.05, 4.69) is 18.8 Å². The minimum Gasteiger partial charge on any atom is -0.489 e. The minimum absolute atomic E-state index is 0.159. The molecular formula is C27H30Cl3NO4S. The quantitative estimate of drug-likeness (QED) is 0.198. The number of alkyl halides is 1. The molecule has 0 aliphatic heterocycles. The first-order valence-electron chi connectivity index (χ1n) is 11.8. The van der Waals surface area contributed by atoms with Gasteiger partial charge in [0.15, 0.2) is 22.4 Å². The Bertz CT molecular complexity index is 1340. The van der Waals surface area contributed by atoms with E-state index in [-0.39, 0.29) is 12.0 Å². The molecule has 5 nitrogen and oxygen atoms in total. The minimum atomic E-state index is -2.34. The molecule has 0 spiro atoms. The van der Waals surface area contributed by atoms with Crippen LogP contribution in [0.3, 0.4) is 0 Å². The second-order valence-corrected chi connectivity index (χ2v) is 13.3. The van der Waals surface area contributed by atoms with Crippen molar-refractivity contribution < 1.29 is 18.1 Å². The number of aromatic nitrogens is 1. The fraction of sp³-hybridized carbons (Fsp3) is 0.407. The third kappa shape index (κ3) is 5.52. The third-order valence-electron chi connectivity index (χ3n) is 6.59. The molecule has 1 fully saturated rings. The first-order chi connectivity index (χ1) is 17.0. The van der Waals surface area contributed by atoms with Gasteiger partial charge in [0.2, 0.25) is 0 Å². The van der Waals surface area contributed by atoms with Crippen LogP contribution in [-0.4, -0.2) is 32.8 Å². The topological polar surface area (TPSA) is 61.6 Å². The highest BCUT2D eigenvalue weighted by atomic mass is 35.5. The number of halogens is 3. The lowest BCUT2D eigenvalue weighted by Crippen LogP contribution is -2.22. The van der Waals surface area contributed by atoms with Crippen molar-refractivity contribution in [3.05, 3.63) is 69.2 Å². The van der Waals surface area contributed by atoms with E-state index < -0.39 is 9.52 Å². The number of benzene rings is 2. The molecule has 2 aromatic carbocycles. The summed E-state index contributed by atoms with van der Waals surface area (Å²) in [5.74, 6) is 2.48. The molecule has 0 radical (unpaired) electrons. The molecule has 1 aliphatic rings. The van der Waals surface area contributed by atoms with Gasteiger partial charge in [-0.1, -0.05) is 49.2 Å². The molecule has 36 heavy (non-hydrogen) atoms. The largest absolute Gasteiger partial charge is 0.489 e. The van der Waals surface area contributed by atoms with Crippen LogP contribution >= 0.6 is 34.8 Å². The van der Waals surface area contributed by atoms with Crippen LogP contribution in [-0.2, 0) is 21.5 Å². The maximum Gasteiger partial charge on any atom is 0.192 e. The predicted molar refractivity (Wildman–Crippen MR) is 148 cm³/mol. The number of rotatable bonds is 9. The van der Waals surface area contributed by atoms with E-state index in [1.165, 1.54) is 0 Å². The van der Waals surface area contributed by atoms with Crippen molar-refractivity contribution in [3.8, 4) is 11.5 Å². The Morgan fingerprint density at radius 2 is 1.69 bits per heavy atom. The molecule has 1 aliphatic carbocycles. The lowest BCUT2D eigenvalue weighted by molar-refractivity contribution is 0.263. The average Bonchev–Trinajstić information content (AvgIpc) is 3.17. The molecule has 0 N–H and O–H groups in total. The summed E-state index contributed by atoms with van der Waals surface area (Å²) < 4.78 is 30.7. The van der Waals surface area contributed by atoms with Crippen molar-refractivity contribution >= 4 is 49.2 Å². The highest BCUT2D eigenvalue weighted by molar-refractivity contribution is 8.01. The van der Waals surface area contributed by atoms with Gasteiger partial charge in [-0.05, 0) is 59.5 Å².